The number of nitrogens with two attached hydrogens (primary N) is 1. The third kappa shape index (κ3) is 2.79. The van der Waals surface area contributed by atoms with E-state index < -0.39 is 0 Å². The topological polar surface area (TPSA) is 93.2 Å². The van der Waals surface area contributed by atoms with Crippen LogP contribution in [0.1, 0.15) is 15.9 Å². The number of halogens is 1. The summed E-state index contributed by atoms with van der Waals surface area (Å²) in [5.74, 6) is 5.24. The summed E-state index contributed by atoms with van der Waals surface area (Å²) in [5.41, 5.74) is 3.57. The summed E-state index contributed by atoms with van der Waals surface area (Å²) in [5, 5.41) is 3.00. The number of rotatable bonds is 4. The summed E-state index contributed by atoms with van der Waals surface area (Å²) in [4.78, 5) is 15.7. The number of carbonyl (C=O) groups is 1. The van der Waals surface area contributed by atoms with E-state index in [-0.39, 0.29) is 10.9 Å². The number of carbonyl (C=O) groups excluding carboxylic acids is 1. The van der Waals surface area contributed by atoms with Crippen LogP contribution in [-0.2, 0) is 6.54 Å². The van der Waals surface area contributed by atoms with Gasteiger partial charge in [-0.05, 0) is 12.1 Å². The highest BCUT2D eigenvalue weighted by Gasteiger charge is 2.09. The van der Waals surface area contributed by atoms with Crippen molar-refractivity contribution in [3.63, 3.8) is 0 Å². The van der Waals surface area contributed by atoms with Crippen LogP contribution in [0.15, 0.2) is 35.3 Å². The molecule has 0 aliphatic heterocycles. The number of hydrazine groups is 1. The molecule has 0 bridgehead atoms. The molecule has 0 saturated carbocycles. The number of amides is 1. The summed E-state index contributed by atoms with van der Waals surface area (Å²) in [6.07, 6.45) is 4.50. The molecule has 18 heavy (non-hydrogen) atoms. The fraction of sp³-hybridized carbons (Fsp3) is 0.0909. The maximum atomic E-state index is 11.8. The van der Waals surface area contributed by atoms with Gasteiger partial charge in [0.1, 0.15) is 0 Å². The van der Waals surface area contributed by atoms with Crippen molar-refractivity contribution in [3.8, 4) is 0 Å². The van der Waals surface area contributed by atoms with Gasteiger partial charge in [0.15, 0.2) is 5.82 Å². The van der Waals surface area contributed by atoms with Crippen molar-refractivity contribution in [3.05, 3.63) is 47.0 Å². The Morgan fingerprint density at radius 2 is 2.39 bits per heavy atom. The van der Waals surface area contributed by atoms with Gasteiger partial charge in [-0.1, -0.05) is 11.6 Å². The fourth-order valence-electron chi connectivity index (χ4n) is 1.35. The van der Waals surface area contributed by atoms with Gasteiger partial charge in [-0.25, -0.2) is 10.8 Å². The van der Waals surface area contributed by atoms with Gasteiger partial charge in [-0.15, -0.1) is 0 Å². The summed E-state index contributed by atoms with van der Waals surface area (Å²) >= 11 is 5.87. The Morgan fingerprint density at radius 3 is 3.00 bits per heavy atom. The van der Waals surface area contributed by atoms with E-state index in [4.69, 9.17) is 21.9 Å². The molecule has 0 aromatic carbocycles. The molecular weight excluding hydrogens is 256 g/mol. The molecule has 0 saturated heterocycles. The van der Waals surface area contributed by atoms with Crippen molar-refractivity contribution in [2.24, 2.45) is 5.84 Å². The predicted octanol–water partition coefficient (Wildman–Crippen LogP) is 1.54. The molecule has 6 nitrogen and oxygen atoms in total. The van der Waals surface area contributed by atoms with Crippen LogP contribution in [0, 0.1) is 0 Å². The number of nitrogens with zero attached hydrogens (tertiary/aromatic N) is 1. The zero-order valence-corrected chi connectivity index (χ0v) is 10.1. The first kappa shape index (κ1) is 12.4. The molecule has 2 rings (SSSR count). The molecule has 2 aromatic rings. The van der Waals surface area contributed by atoms with E-state index in [0.717, 1.165) is 5.56 Å². The molecule has 0 aliphatic carbocycles. The van der Waals surface area contributed by atoms with Crippen LogP contribution in [0.2, 0.25) is 5.02 Å². The van der Waals surface area contributed by atoms with E-state index >= 15 is 0 Å². The fourth-order valence-corrected chi connectivity index (χ4v) is 1.57. The van der Waals surface area contributed by atoms with Crippen molar-refractivity contribution in [1.82, 2.24) is 10.3 Å². The number of hydrogen-bond acceptors (Lipinski definition) is 5. The molecule has 0 fully saturated rings. The van der Waals surface area contributed by atoms with Crippen LogP contribution in [0.25, 0.3) is 0 Å². The van der Waals surface area contributed by atoms with E-state index in [1.165, 1.54) is 12.3 Å². The van der Waals surface area contributed by atoms with Crippen molar-refractivity contribution in [2.45, 2.75) is 6.54 Å². The van der Waals surface area contributed by atoms with Crippen LogP contribution in [0.4, 0.5) is 5.82 Å². The highest BCUT2D eigenvalue weighted by molar-refractivity contribution is 6.33. The Hall–Kier alpha value is -2.05. The number of hydrogen-bond donors (Lipinski definition) is 3. The molecule has 1 amide bonds. The quantitative estimate of drug-likeness (QED) is 0.577. The molecule has 0 unspecified atom stereocenters. The largest absolute Gasteiger partial charge is 0.472 e. The monoisotopic (exact) mass is 266 g/mol. The Kier molecular flexibility index (Phi) is 3.81. The lowest BCUT2D eigenvalue weighted by Gasteiger charge is -2.06. The molecule has 7 heteroatoms. The average molecular weight is 267 g/mol. The van der Waals surface area contributed by atoms with Gasteiger partial charge in [-0.3, -0.25) is 4.79 Å². The normalized spacial score (nSPS) is 10.1. The molecular formula is C11H11ClN4O2. The lowest BCUT2D eigenvalue weighted by atomic mass is 10.2. The molecule has 2 heterocycles. The lowest BCUT2D eigenvalue weighted by Crippen LogP contribution is -2.23. The van der Waals surface area contributed by atoms with E-state index in [1.807, 2.05) is 0 Å². The van der Waals surface area contributed by atoms with Crippen LogP contribution in [0.5, 0.6) is 0 Å². The van der Waals surface area contributed by atoms with Crippen LogP contribution in [0.3, 0.4) is 0 Å². The van der Waals surface area contributed by atoms with Gasteiger partial charge in [0.05, 0.1) is 23.1 Å². The van der Waals surface area contributed by atoms with Gasteiger partial charge in [0.25, 0.3) is 5.91 Å². The minimum absolute atomic E-state index is 0.269. The van der Waals surface area contributed by atoms with Gasteiger partial charge in [-0.2, -0.15) is 0 Å². The minimum Gasteiger partial charge on any atom is -0.472 e. The highest BCUT2D eigenvalue weighted by Crippen LogP contribution is 2.18. The average Bonchev–Trinajstić information content (AvgIpc) is 2.89. The Labute approximate surface area is 108 Å². The number of nitrogen functional groups attached to an aromatic ring is 1. The zero-order valence-electron chi connectivity index (χ0n) is 9.31. The Morgan fingerprint density at radius 1 is 1.56 bits per heavy atom. The maximum Gasteiger partial charge on any atom is 0.253 e. The first-order valence-corrected chi connectivity index (χ1v) is 5.50. The van der Waals surface area contributed by atoms with E-state index in [2.05, 4.69) is 15.7 Å². The van der Waals surface area contributed by atoms with Gasteiger partial charge < -0.3 is 15.2 Å². The molecule has 0 atom stereocenters. The second-order valence-electron chi connectivity index (χ2n) is 3.51. The number of pyridine rings is 1. The number of nitrogens with one attached hydrogen (secondary N) is 2. The van der Waals surface area contributed by atoms with Crippen LogP contribution in [-0.4, -0.2) is 10.9 Å². The summed E-state index contributed by atoms with van der Waals surface area (Å²) in [7, 11) is 0. The molecule has 0 aliphatic rings. The lowest BCUT2D eigenvalue weighted by molar-refractivity contribution is 0.0950. The third-order valence-corrected chi connectivity index (χ3v) is 2.56. The SMILES string of the molecule is NNc1ncc(C(=O)NCc2ccoc2)cc1Cl. The number of anilines is 1. The summed E-state index contributed by atoms with van der Waals surface area (Å²) in [6, 6.07) is 3.27. The Bertz CT molecular complexity index is 542. The Balaban J connectivity index is 2.02. The third-order valence-electron chi connectivity index (χ3n) is 2.27. The number of furan rings is 1. The zero-order chi connectivity index (χ0) is 13.0. The summed E-state index contributed by atoms with van der Waals surface area (Å²) in [6.45, 7) is 0.379. The van der Waals surface area contributed by atoms with E-state index in [1.54, 1.807) is 18.6 Å². The molecule has 2 aromatic heterocycles. The van der Waals surface area contributed by atoms with Crippen LogP contribution < -0.4 is 16.6 Å². The van der Waals surface area contributed by atoms with Gasteiger partial charge >= 0.3 is 0 Å². The van der Waals surface area contributed by atoms with Gasteiger partial charge in [0, 0.05) is 18.3 Å². The first-order chi connectivity index (χ1) is 8.70. The van der Waals surface area contributed by atoms with E-state index in [0.29, 0.717) is 17.9 Å². The molecule has 4 N–H and O–H groups in total. The molecule has 0 spiro atoms. The van der Waals surface area contributed by atoms with Gasteiger partial charge in [0.2, 0.25) is 0 Å². The van der Waals surface area contributed by atoms with E-state index in [9.17, 15) is 4.79 Å². The second kappa shape index (κ2) is 5.52. The van der Waals surface area contributed by atoms with Crippen molar-refractivity contribution in [2.75, 3.05) is 5.43 Å². The first-order valence-electron chi connectivity index (χ1n) is 5.12. The summed E-state index contributed by atoms with van der Waals surface area (Å²) < 4.78 is 4.89. The molecule has 94 valence electrons. The highest BCUT2D eigenvalue weighted by atomic mass is 35.5. The van der Waals surface area contributed by atoms with Crippen molar-refractivity contribution in [1.29, 1.82) is 0 Å². The minimum atomic E-state index is -0.269. The maximum absolute atomic E-state index is 11.8. The smallest absolute Gasteiger partial charge is 0.253 e. The number of aromatic nitrogens is 1. The standard InChI is InChI=1S/C11H11ClN4O2/c12-9-3-8(5-14-10(9)16-13)11(17)15-4-7-1-2-18-6-7/h1-3,5-6H,4,13H2,(H,14,16)(H,15,17). The van der Waals surface area contributed by atoms with Crippen molar-refractivity contribution < 1.29 is 9.21 Å². The van der Waals surface area contributed by atoms with Crippen LogP contribution >= 0.6 is 11.6 Å². The second-order valence-corrected chi connectivity index (χ2v) is 3.92. The predicted molar refractivity (Wildman–Crippen MR) is 66.9 cm³/mol. The van der Waals surface area contributed by atoms with Crippen molar-refractivity contribution >= 4 is 23.3 Å². The molecule has 0 radical (unpaired) electrons.